The first-order chi connectivity index (χ1) is 10.0. The maximum Gasteiger partial charge on any atom is 0.179 e. The Balaban J connectivity index is 2.00. The monoisotopic (exact) mass is 311 g/mol. The number of nitrogens with zero attached hydrogens (tertiary/aromatic N) is 2. The van der Waals surface area contributed by atoms with Crippen molar-refractivity contribution in [1.29, 1.82) is 0 Å². The lowest BCUT2D eigenvalue weighted by molar-refractivity contribution is 0.381. The Hall–Kier alpha value is -1.14. The first-order valence-corrected chi connectivity index (χ1v) is 9.52. The molecule has 0 spiro atoms. The van der Waals surface area contributed by atoms with Gasteiger partial charge in [-0.05, 0) is 50.4 Å². The van der Waals surface area contributed by atoms with Crippen molar-refractivity contribution in [2.75, 3.05) is 37.3 Å². The van der Waals surface area contributed by atoms with Crippen molar-refractivity contribution in [2.24, 2.45) is 5.92 Å². The predicted molar refractivity (Wildman–Crippen MR) is 85.4 cm³/mol. The van der Waals surface area contributed by atoms with E-state index >= 15 is 0 Å². The summed E-state index contributed by atoms with van der Waals surface area (Å²) < 4.78 is 23.7. The van der Waals surface area contributed by atoms with E-state index in [1.54, 1.807) is 18.3 Å². The zero-order valence-corrected chi connectivity index (χ0v) is 13.7. The Morgan fingerprint density at radius 1 is 1.38 bits per heavy atom. The summed E-state index contributed by atoms with van der Waals surface area (Å²) in [4.78, 5) is 6.74. The van der Waals surface area contributed by atoms with Crippen molar-refractivity contribution in [3.8, 4) is 0 Å². The van der Waals surface area contributed by atoms with Crippen LogP contribution in [0.2, 0.25) is 0 Å². The molecule has 1 fully saturated rings. The van der Waals surface area contributed by atoms with Gasteiger partial charge in [0, 0.05) is 25.5 Å². The van der Waals surface area contributed by atoms with Crippen molar-refractivity contribution in [3.05, 3.63) is 18.3 Å². The molecule has 0 unspecified atom stereocenters. The Labute approximate surface area is 127 Å². The predicted octanol–water partition coefficient (Wildman–Crippen LogP) is 1.70. The summed E-state index contributed by atoms with van der Waals surface area (Å²) in [5, 5.41) is 3.46. The molecule has 1 aliphatic heterocycles. The van der Waals surface area contributed by atoms with Crippen molar-refractivity contribution in [2.45, 2.75) is 31.1 Å². The van der Waals surface area contributed by atoms with E-state index in [0.29, 0.717) is 16.6 Å². The van der Waals surface area contributed by atoms with Gasteiger partial charge in [-0.2, -0.15) is 0 Å². The van der Waals surface area contributed by atoms with Crippen LogP contribution in [-0.2, 0) is 9.84 Å². The van der Waals surface area contributed by atoms with E-state index in [1.165, 1.54) is 6.26 Å². The third kappa shape index (κ3) is 4.41. The Bertz CT molecular complexity index is 552. The number of pyridine rings is 1. The maximum atomic E-state index is 11.9. The lowest BCUT2D eigenvalue weighted by Gasteiger charge is -2.33. The van der Waals surface area contributed by atoms with Crippen LogP contribution >= 0.6 is 0 Å². The van der Waals surface area contributed by atoms with Crippen molar-refractivity contribution < 1.29 is 8.42 Å². The second kappa shape index (κ2) is 7.22. The fourth-order valence-electron chi connectivity index (χ4n) is 2.74. The van der Waals surface area contributed by atoms with Gasteiger partial charge in [0.05, 0.1) is 0 Å². The van der Waals surface area contributed by atoms with Gasteiger partial charge in [0.15, 0.2) is 9.84 Å². The molecular formula is C15H25N3O2S. The van der Waals surface area contributed by atoms with Gasteiger partial charge in [-0.3, -0.25) is 0 Å². The van der Waals surface area contributed by atoms with E-state index < -0.39 is 9.84 Å². The smallest absolute Gasteiger partial charge is 0.179 e. The van der Waals surface area contributed by atoms with Crippen LogP contribution in [0.3, 0.4) is 0 Å². The van der Waals surface area contributed by atoms with E-state index in [9.17, 15) is 8.42 Å². The number of rotatable bonds is 6. The minimum Gasteiger partial charge on any atom is -0.356 e. The third-order valence-electron chi connectivity index (χ3n) is 3.92. The third-order valence-corrected chi connectivity index (χ3v) is 5.04. The number of hydrogen-bond acceptors (Lipinski definition) is 5. The second-order valence-corrected chi connectivity index (χ2v) is 7.72. The quantitative estimate of drug-likeness (QED) is 0.810. The highest BCUT2D eigenvalue weighted by Crippen LogP contribution is 2.26. The standard InChI is InChI=1S/C15H25N3O2S/c1-3-8-16-12-13-6-10-18(11-7-13)15-14(21(2,19)20)5-4-9-17-15/h4-5,9,13,16H,3,6-8,10-12H2,1-2H3. The average molecular weight is 311 g/mol. The molecule has 2 heterocycles. The van der Waals surface area contributed by atoms with E-state index in [2.05, 4.69) is 22.1 Å². The number of piperidine rings is 1. The molecule has 6 heteroatoms. The topological polar surface area (TPSA) is 62.3 Å². The first-order valence-electron chi connectivity index (χ1n) is 7.63. The highest BCUT2D eigenvalue weighted by molar-refractivity contribution is 7.90. The summed E-state index contributed by atoms with van der Waals surface area (Å²) >= 11 is 0. The van der Waals surface area contributed by atoms with Crippen LogP contribution < -0.4 is 10.2 Å². The van der Waals surface area contributed by atoms with Gasteiger partial charge in [-0.1, -0.05) is 6.92 Å². The largest absolute Gasteiger partial charge is 0.356 e. The highest BCUT2D eigenvalue weighted by atomic mass is 32.2. The molecule has 5 nitrogen and oxygen atoms in total. The van der Waals surface area contributed by atoms with Crippen LogP contribution in [-0.4, -0.2) is 45.8 Å². The van der Waals surface area contributed by atoms with Crippen LogP contribution in [0, 0.1) is 5.92 Å². The number of hydrogen-bond donors (Lipinski definition) is 1. The second-order valence-electron chi connectivity index (χ2n) is 5.73. The molecule has 21 heavy (non-hydrogen) atoms. The van der Waals surface area contributed by atoms with Gasteiger partial charge in [0.25, 0.3) is 0 Å². The number of anilines is 1. The van der Waals surface area contributed by atoms with Gasteiger partial charge < -0.3 is 10.2 Å². The zero-order valence-electron chi connectivity index (χ0n) is 12.9. The van der Waals surface area contributed by atoms with Gasteiger partial charge in [0.2, 0.25) is 0 Å². The van der Waals surface area contributed by atoms with Crippen molar-refractivity contribution >= 4 is 15.7 Å². The van der Waals surface area contributed by atoms with E-state index in [0.717, 1.165) is 45.4 Å². The summed E-state index contributed by atoms with van der Waals surface area (Å²) in [7, 11) is -3.23. The Morgan fingerprint density at radius 2 is 2.10 bits per heavy atom. The molecule has 0 radical (unpaired) electrons. The van der Waals surface area contributed by atoms with Gasteiger partial charge >= 0.3 is 0 Å². The number of nitrogens with one attached hydrogen (secondary N) is 1. The molecule has 0 amide bonds. The van der Waals surface area contributed by atoms with E-state index in [-0.39, 0.29) is 0 Å². The van der Waals surface area contributed by atoms with E-state index in [4.69, 9.17) is 0 Å². The molecule has 0 aliphatic carbocycles. The highest BCUT2D eigenvalue weighted by Gasteiger charge is 2.24. The van der Waals surface area contributed by atoms with E-state index in [1.807, 2.05) is 0 Å². The molecule has 2 rings (SSSR count). The average Bonchev–Trinajstić information content (AvgIpc) is 2.47. The van der Waals surface area contributed by atoms with Crippen LogP contribution in [0.5, 0.6) is 0 Å². The Morgan fingerprint density at radius 3 is 2.71 bits per heavy atom. The molecular weight excluding hydrogens is 286 g/mol. The molecule has 1 aromatic rings. The van der Waals surface area contributed by atoms with Crippen LogP contribution in [0.15, 0.2) is 23.2 Å². The molecule has 118 valence electrons. The minimum atomic E-state index is -3.23. The molecule has 0 atom stereocenters. The summed E-state index contributed by atoms with van der Waals surface area (Å²) in [5.74, 6) is 1.29. The first kappa shape index (κ1) is 16.2. The van der Waals surface area contributed by atoms with Gasteiger partial charge in [-0.25, -0.2) is 13.4 Å². The molecule has 1 saturated heterocycles. The fraction of sp³-hybridized carbons (Fsp3) is 0.667. The summed E-state index contributed by atoms with van der Waals surface area (Å²) in [6, 6.07) is 3.33. The summed E-state index contributed by atoms with van der Waals surface area (Å²) in [6.07, 6.45) is 6.23. The zero-order chi connectivity index (χ0) is 15.3. The van der Waals surface area contributed by atoms with Gasteiger partial charge in [-0.15, -0.1) is 0 Å². The number of aromatic nitrogens is 1. The minimum absolute atomic E-state index is 0.340. The molecule has 0 bridgehead atoms. The molecule has 0 aromatic carbocycles. The summed E-state index contributed by atoms with van der Waals surface area (Å²) in [5.41, 5.74) is 0. The van der Waals surface area contributed by atoms with Crippen molar-refractivity contribution in [3.63, 3.8) is 0 Å². The SMILES string of the molecule is CCCNCC1CCN(c2ncccc2S(C)(=O)=O)CC1. The normalized spacial score (nSPS) is 17.1. The summed E-state index contributed by atoms with van der Waals surface area (Å²) in [6.45, 7) is 6.04. The van der Waals surface area contributed by atoms with Crippen LogP contribution in [0.1, 0.15) is 26.2 Å². The van der Waals surface area contributed by atoms with Crippen LogP contribution in [0.4, 0.5) is 5.82 Å². The lowest BCUT2D eigenvalue weighted by Crippen LogP contribution is -2.38. The fourth-order valence-corrected chi connectivity index (χ4v) is 3.58. The molecule has 1 N–H and O–H groups in total. The lowest BCUT2D eigenvalue weighted by atomic mass is 9.97. The number of sulfone groups is 1. The van der Waals surface area contributed by atoms with Crippen molar-refractivity contribution in [1.82, 2.24) is 10.3 Å². The van der Waals surface area contributed by atoms with Gasteiger partial charge in [0.1, 0.15) is 10.7 Å². The molecule has 0 saturated carbocycles. The maximum absolute atomic E-state index is 11.9. The van der Waals surface area contributed by atoms with Crippen LogP contribution in [0.25, 0.3) is 0 Å². The molecule has 1 aliphatic rings. The Kier molecular flexibility index (Phi) is 5.58. The molecule has 1 aromatic heterocycles.